The van der Waals surface area contributed by atoms with Crippen LogP contribution in [0.5, 0.6) is 0 Å². The zero-order valence-corrected chi connectivity index (χ0v) is 10.5. The highest BCUT2D eigenvalue weighted by Gasteiger charge is 2.09. The Bertz CT molecular complexity index is 282. The highest BCUT2D eigenvalue weighted by atomic mass is 16.3. The fourth-order valence-corrected chi connectivity index (χ4v) is 1.85. The first kappa shape index (κ1) is 15.1. The van der Waals surface area contributed by atoms with Crippen LogP contribution in [0.4, 0.5) is 0 Å². The second-order valence-corrected chi connectivity index (χ2v) is 4.69. The number of aliphatic hydroxyl groups is 4. The van der Waals surface area contributed by atoms with E-state index in [-0.39, 0.29) is 38.3 Å². The summed E-state index contributed by atoms with van der Waals surface area (Å²) in [5, 5.41) is 36.0. The van der Waals surface area contributed by atoms with Crippen LogP contribution in [0.25, 0.3) is 0 Å². The highest BCUT2D eigenvalue weighted by molar-refractivity contribution is 5.23. The van der Waals surface area contributed by atoms with Crippen LogP contribution in [0, 0.1) is 11.8 Å². The highest BCUT2D eigenvalue weighted by Crippen LogP contribution is 2.13. The standard InChI is InChI=1S/C14H22O4/c15-7-13(8-16)5-11-1-2-12(4-3-11)6-14(9-17)10-18/h1-4,13-18H,5-10H2. The Balaban J connectivity index is 2.56. The van der Waals surface area contributed by atoms with E-state index < -0.39 is 0 Å². The second-order valence-electron chi connectivity index (χ2n) is 4.69. The van der Waals surface area contributed by atoms with Crippen molar-refractivity contribution in [1.29, 1.82) is 0 Å². The minimum absolute atomic E-state index is 0.0185. The fourth-order valence-electron chi connectivity index (χ4n) is 1.85. The maximum absolute atomic E-state index is 9.01. The predicted molar refractivity (Wildman–Crippen MR) is 69.2 cm³/mol. The third-order valence-corrected chi connectivity index (χ3v) is 3.10. The van der Waals surface area contributed by atoms with Gasteiger partial charge < -0.3 is 20.4 Å². The van der Waals surface area contributed by atoms with Crippen LogP contribution in [0.15, 0.2) is 24.3 Å². The molecule has 1 aromatic carbocycles. The van der Waals surface area contributed by atoms with E-state index in [0.717, 1.165) is 11.1 Å². The molecule has 1 rings (SSSR count). The maximum atomic E-state index is 9.01. The molecule has 0 unspecified atom stereocenters. The van der Waals surface area contributed by atoms with Crippen LogP contribution in [0.3, 0.4) is 0 Å². The molecule has 0 atom stereocenters. The first-order valence-corrected chi connectivity index (χ1v) is 6.24. The molecule has 0 bridgehead atoms. The quantitative estimate of drug-likeness (QED) is 0.525. The lowest BCUT2D eigenvalue weighted by Crippen LogP contribution is -2.15. The van der Waals surface area contributed by atoms with E-state index in [1.165, 1.54) is 0 Å². The summed E-state index contributed by atoms with van der Waals surface area (Å²) < 4.78 is 0. The topological polar surface area (TPSA) is 80.9 Å². The van der Waals surface area contributed by atoms with Crippen LogP contribution in [0.1, 0.15) is 11.1 Å². The monoisotopic (exact) mass is 254 g/mol. The Hall–Kier alpha value is -0.940. The maximum Gasteiger partial charge on any atom is 0.0484 e. The van der Waals surface area contributed by atoms with Gasteiger partial charge >= 0.3 is 0 Å². The van der Waals surface area contributed by atoms with Crippen LogP contribution in [-0.4, -0.2) is 46.9 Å². The molecule has 0 aromatic heterocycles. The van der Waals surface area contributed by atoms with Crippen LogP contribution >= 0.6 is 0 Å². The van der Waals surface area contributed by atoms with Crippen LogP contribution in [-0.2, 0) is 12.8 Å². The van der Waals surface area contributed by atoms with Crippen LogP contribution < -0.4 is 0 Å². The molecule has 0 saturated carbocycles. The van der Waals surface area contributed by atoms with Gasteiger partial charge in [-0.05, 0) is 24.0 Å². The molecule has 102 valence electrons. The first-order chi connectivity index (χ1) is 8.73. The molecule has 0 heterocycles. The van der Waals surface area contributed by atoms with E-state index in [4.69, 9.17) is 20.4 Å². The SMILES string of the molecule is OCC(CO)Cc1ccc(CC(CO)CO)cc1. The van der Waals surface area contributed by atoms with Gasteiger partial charge in [0.25, 0.3) is 0 Å². The molecule has 1 aromatic rings. The van der Waals surface area contributed by atoms with E-state index in [2.05, 4.69) is 0 Å². The normalized spacial score (nSPS) is 11.4. The first-order valence-electron chi connectivity index (χ1n) is 6.24. The van der Waals surface area contributed by atoms with Crippen molar-refractivity contribution < 1.29 is 20.4 Å². The molecule has 0 aliphatic rings. The second kappa shape index (κ2) is 8.21. The minimum Gasteiger partial charge on any atom is -0.396 e. The summed E-state index contributed by atoms with van der Waals surface area (Å²) in [5.41, 5.74) is 2.13. The lowest BCUT2D eigenvalue weighted by atomic mass is 9.96. The number of rotatable bonds is 8. The zero-order valence-electron chi connectivity index (χ0n) is 10.5. The van der Waals surface area contributed by atoms with Gasteiger partial charge in [0.1, 0.15) is 0 Å². The molecule has 0 fully saturated rings. The molecule has 0 aliphatic heterocycles. The molecular weight excluding hydrogens is 232 g/mol. The Morgan fingerprint density at radius 3 is 1.11 bits per heavy atom. The summed E-state index contributed by atoms with van der Waals surface area (Å²) >= 11 is 0. The molecule has 4 N–H and O–H groups in total. The molecule has 4 heteroatoms. The average Bonchev–Trinajstić information content (AvgIpc) is 2.43. The Morgan fingerprint density at radius 1 is 0.611 bits per heavy atom. The third kappa shape index (κ3) is 4.74. The van der Waals surface area contributed by atoms with Gasteiger partial charge in [-0.1, -0.05) is 24.3 Å². The molecule has 0 spiro atoms. The van der Waals surface area contributed by atoms with Crippen molar-refractivity contribution in [2.24, 2.45) is 11.8 Å². The fraction of sp³-hybridized carbons (Fsp3) is 0.571. The summed E-state index contributed by atoms with van der Waals surface area (Å²) in [4.78, 5) is 0. The number of hydrogen-bond donors (Lipinski definition) is 4. The Morgan fingerprint density at radius 2 is 0.889 bits per heavy atom. The van der Waals surface area contributed by atoms with Gasteiger partial charge in [-0.3, -0.25) is 0 Å². The number of benzene rings is 1. The lowest BCUT2D eigenvalue weighted by Gasteiger charge is -2.13. The van der Waals surface area contributed by atoms with Crippen LogP contribution in [0.2, 0.25) is 0 Å². The summed E-state index contributed by atoms with van der Waals surface area (Å²) in [5.74, 6) is -0.225. The predicted octanol–water partition coefficient (Wildman–Crippen LogP) is -0.0268. The van der Waals surface area contributed by atoms with Gasteiger partial charge in [0, 0.05) is 38.3 Å². The zero-order chi connectivity index (χ0) is 13.4. The van der Waals surface area contributed by atoms with Crippen molar-refractivity contribution in [3.05, 3.63) is 35.4 Å². The number of hydrogen-bond acceptors (Lipinski definition) is 4. The third-order valence-electron chi connectivity index (χ3n) is 3.10. The van der Waals surface area contributed by atoms with Crippen molar-refractivity contribution >= 4 is 0 Å². The van der Waals surface area contributed by atoms with Gasteiger partial charge in [0.2, 0.25) is 0 Å². The van der Waals surface area contributed by atoms with E-state index in [1.807, 2.05) is 24.3 Å². The average molecular weight is 254 g/mol. The minimum atomic E-state index is -0.113. The summed E-state index contributed by atoms with van der Waals surface area (Å²) in [7, 11) is 0. The van der Waals surface area contributed by atoms with Crippen molar-refractivity contribution in [2.45, 2.75) is 12.8 Å². The van der Waals surface area contributed by atoms with Crippen molar-refractivity contribution in [1.82, 2.24) is 0 Å². The molecule has 18 heavy (non-hydrogen) atoms. The Kier molecular flexibility index (Phi) is 6.90. The van der Waals surface area contributed by atoms with Gasteiger partial charge in [-0.2, -0.15) is 0 Å². The van der Waals surface area contributed by atoms with Gasteiger partial charge in [-0.25, -0.2) is 0 Å². The Labute approximate surface area is 108 Å². The van der Waals surface area contributed by atoms with E-state index in [0.29, 0.717) is 12.8 Å². The molecule has 0 saturated heterocycles. The van der Waals surface area contributed by atoms with Gasteiger partial charge in [0.05, 0.1) is 0 Å². The molecule has 0 aliphatic carbocycles. The largest absolute Gasteiger partial charge is 0.396 e. The lowest BCUT2D eigenvalue weighted by molar-refractivity contribution is 0.149. The van der Waals surface area contributed by atoms with E-state index in [1.54, 1.807) is 0 Å². The van der Waals surface area contributed by atoms with Crippen molar-refractivity contribution in [2.75, 3.05) is 26.4 Å². The summed E-state index contributed by atoms with van der Waals surface area (Å²) in [6.07, 6.45) is 1.30. The van der Waals surface area contributed by atoms with Gasteiger partial charge in [0.15, 0.2) is 0 Å². The molecule has 0 radical (unpaired) electrons. The molecule has 0 amide bonds. The summed E-state index contributed by atoms with van der Waals surface area (Å²) in [6.45, 7) is -0.0740. The van der Waals surface area contributed by atoms with E-state index >= 15 is 0 Å². The smallest absolute Gasteiger partial charge is 0.0484 e. The molecule has 4 nitrogen and oxygen atoms in total. The van der Waals surface area contributed by atoms with Gasteiger partial charge in [-0.15, -0.1) is 0 Å². The van der Waals surface area contributed by atoms with E-state index in [9.17, 15) is 0 Å². The molecular formula is C14H22O4. The van der Waals surface area contributed by atoms with Crippen molar-refractivity contribution in [3.63, 3.8) is 0 Å². The summed E-state index contributed by atoms with van der Waals surface area (Å²) in [6, 6.07) is 7.83. The van der Waals surface area contributed by atoms with Crippen molar-refractivity contribution in [3.8, 4) is 0 Å². The number of aliphatic hydroxyl groups excluding tert-OH is 4.